The minimum atomic E-state index is -0.258. The Hall–Kier alpha value is -0.750. The predicted octanol–water partition coefficient (Wildman–Crippen LogP) is 4.71. The van der Waals surface area contributed by atoms with Gasteiger partial charge in [0.1, 0.15) is 5.82 Å². The molecule has 1 atom stereocenters. The monoisotopic (exact) mass is 414 g/mol. The molecule has 0 aliphatic carbocycles. The third-order valence-corrected chi connectivity index (χ3v) is 5.66. The molecule has 3 N–H and O–H groups in total. The van der Waals surface area contributed by atoms with Gasteiger partial charge in [-0.15, -0.1) is 0 Å². The molecule has 112 valence electrons. The van der Waals surface area contributed by atoms with E-state index in [9.17, 15) is 4.39 Å². The largest absolute Gasteiger partial charge is 0.271 e. The molecule has 0 amide bonds. The summed E-state index contributed by atoms with van der Waals surface area (Å²) in [6.45, 7) is 4.10. The van der Waals surface area contributed by atoms with Crippen molar-refractivity contribution in [2.45, 2.75) is 26.3 Å². The predicted molar refractivity (Wildman–Crippen MR) is 91.5 cm³/mol. The third-order valence-electron chi connectivity index (χ3n) is 3.52. The molecule has 0 fully saturated rings. The Morgan fingerprint density at radius 1 is 1.14 bits per heavy atom. The van der Waals surface area contributed by atoms with E-state index < -0.39 is 0 Å². The number of aryl methyl sites for hydroxylation is 2. The molecule has 5 heteroatoms. The zero-order chi connectivity index (χ0) is 15.6. The van der Waals surface area contributed by atoms with Gasteiger partial charge in [0.05, 0.1) is 10.5 Å². The van der Waals surface area contributed by atoms with E-state index in [1.165, 1.54) is 6.07 Å². The lowest BCUT2D eigenvalue weighted by molar-refractivity contribution is 0.546. The van der Waals surface area contributed by atoms with Gasteiger partial charge in [0, 0.05) is 4.47 Å². The van der Waals surface area contributed by atoms with Gasteiger partial charge in [-0.25, -0.2) is 4.39 Å². The summed E-state index contributed by atoms with van der Waals surface area (Å²) in [6.07, 6.45) is 0.607. The first-order valence-electron chi connectivity index (χ1n) is 6.59. The molecule has 21 heavy (non-hydrogen) atoms. The fourth-order valence-corrected chi connectivity index (χ4v) is 3.03. The normalized spacial score (nSPS) is 12.5. The van der Waals surface area contributed by atoms with Gasteiger partial charge in [0.2, 0.25) is 0 Å². The zero-order valence-electron chi connectivity index (χ0n) is 11.9. The Balaban J connectivity index is 2.34. The highest BCUT2D eigenvalue weighted by Gasteiger charge is 2.15. The molecule has 0 aliphatic rings. The maximum absolute atomic E-state index is 13.6. The van der Waals surface area contributed by atoms with E-state index in [2.05, 4.69) is 49.4 Å². The molecule has 2 rings (SSSR count). The molecular weight excluding hydrogens is 399 g/mol. The summed E-state index contributed by atoms with van der Waals surface area (Å²) in [6, 6.07) is 9.15. The Kier molecular flexibility index (Phi) is 5.54. The first kappa shape index (κ1) is 16.6. The van der Waals surface area contributed by atoms with Crippen LogP contribution < -0.4 is 11.3 Å². The SMILES string of the molecule is Cc1cc(C(Cc2cccc(F)c2Br)NN)cc(C)c1Br. The van der Waals surface area contributed by atoms with Crippen LogP contribution in [0.4, 0.5) is 4.39 Å². The lowest BCUT2D eigenvalue weighted by atomic mass is 9.96. The molecule has 0 aromatic heterocycles. The van der Waals surface area contributed by atoms with E-state index in [1.54, 1.807) is 6.07 Å². The maximum Gasteiger partial charge on any atom is 0.137 e. The fraction of sp³-hybridized carbons (Fsp3) is 0.250. The number of hydrogen-bond donors (Lipinski definition) is 2. The Labute approximate surface area is 141 Å². The molecule has 2 aromatic rings. The second-order valence-corrected chi connectivity index (χ2v) is 6.69. The highest BCUT2D eigenvalue weighted by molar-refractivity contribution is 9.10. The summed E-state index contributed by atoms with van der Waals surface area (Å²) >= 11 is 6.86. The quantitative estimate of drug-likeness (QED) is 0.560. The second-order valence-electron chi connectivity index (χ2n) is 5.11. The lowest BCUT2D eigenvalue weighted by Crippen LogP contribution is -2.29. The van der Waals surface area contributed by atoms with Gasteiger partial charge in [0.25, 0.3) is 0 Å². The van der Waals surface area contributed by atoms with Gasteiger partial charge < -0.3 is 0 Å². The van der Waals surface area contributed by atoms with E-state index >= 15 is 0 Å². The minimum Gasteiger partial charge on any atom is -0.271 e. The minimum absolute atomic E-state index is 0.0754. The summed E-state index contributed by atoms with van der Waals surface area (Å²) in [5, 5.41) is 0. The van der Waals surface area contributed by atoms with E-state index in [0.717, 1.165) is 26.7 Å². The molecule has 2 aromatic carbocycles. The fourth-order valence-electron chi connectivity index (χ4n) is 2.38. The lowest BCUT2D eigenvalue weighted by Gasteiger charge is -2.19. The van der Waals surface area contributed by atoms with Crippen molar-refractivity contribution < 1.29 is 4.39 Å². The summed E-state index contributed by atoms with van der Waals surface area (Å²) in [5.74, 6) is 5.45. The molecule has 0 heterocycles. The first-order valence-corrected chi connectivity index (χ1v) is 8.18. The Bertz CT molecular complexity index is 636. The zero-order valence-corrected chi connectivity index (χ0v) is 15.1. The number of hydrogen-bond acceptors (Lipinski definition) is 2. The first-order chi connectivity index (χ1) is 9.93. The second kappa shape index (κ2) is 7.01. The van der Waals surface area contributed by atoms with Crippen LogP contribution in [0, 0.1) is 19.7 Å². The van der Waals surface area contributed by atoms with E-state index in [4.69, 9.17) is 5.84 Å². The number of halogens is 3. The van der Waals surface area contributed by atoms with Gasteiger partial charge in [-0.1, -0.05) is 40.2 Å². The van der Waals surface area contributed by atoms with E-state index in [1.807, 2.05) is 19.9 Å². The van der Waals surface area contributed by atoms with Gasteiger partial charge in [-0.3, -0.25) is 11.3 Å². The van der Waals surface area contributed by atoms with Crippen molar-refractivity contribution in [3.63, 3.8) is 0 Å². The van der Waals surface area contributed by atoms with Crippen molar-refractivity contribution in [3.05, 3.63) is 67.3 Å². The molecule has 0 saturated carbocycles. The summed E-state index contributed by atoms with van der Waals surface area (Å²) in [5.41, 5.74) is 7.12. The van der Waals surface area contributed by atoms with Gasteiger partial charge in [0.15, 0.2) is 0 Å². The topological polar surface area (TPSA) is 38.0 Å². The number of rotatable bonds is 4. The number of nitrogens with two attached hydrogens (primary N) is 1. The molecular formula is C16H17Br2FN2. The van der Waals surface area contributed by atoms with Crippen LogP contribution in [0.1, 0.15) is 28.3 Å². The average molecular weight is 416 g/mol. The summed E-state index contributed by atoms with van der Waals surface area (Å²) < 4.78 is 15.2. The average Bonchev–Trinajstić information content (AvgIpc) is 2.46. The van der Waals surface area contributed by atoms with Crippen molar-refractivity contribution in [2.75, 3.05) is 0 Å². The molecule has 0 saturated heterocycles. The van der Waals surface area contributed by atoms with Gasteiger partial charge in [-0.2, -0.15) is 0 Å². The van der Waals surface area contributed by atoms with Crippen molar-refractivity contribution in [1.82, 2.24) is 5.43 Å². The molecule has 0 aliphatic heterocycles. The number of benzene rings is 2. The van der Waals surface area contributed by atoms with Crippen molar-refractivity contribution in [2.24, 2.45) is 5.84 Å². The van der Waals surface area contributed by atoms with Crippen LogP contribution in [0.2, 0.25) is 0 Å². The standard InChI is InChI=1S/C16H17Br2FN2/c1-9-6-12(7-10(2)15(9)17)14(21-20)8-11-4-3-5-13(19)16(11)18/h3-7,14,21H,8,20H2,1-2H3. The Morgan fingerprint density at radius 3 is 2.33 bits per heavy atom. The van der Waals surface area contributed by atoms with Crippen LogP contribution in [0.5, 0.6) is 0 Å². The van der Waals surface area contributed by atoms with Gasteiger partial charge in [-0.05, 0) is 64.5 Å². The van der Waals surface area contributed by atoms with E-state index in [0.29, 0.717) is 10.9 Å². The maximum atomic E-state index is 13.6. The van der Waals surface area contributed by atoms with Crippen molar-refractivity contribution >= 4 is 31.9 Å². The third kappa shape index (κ3) is 3.72. The molecule has 0 bridgehead atoms. The van der Waals surface area contributed by atoms with Crippen molar-refractivity contribution in [1.29, 1.82) is 0 Å². The van der Waals surface area contributed by atoms with Crippen LogP contribution >= 0.6 is 31.9 Å². The van der Waals surface area contributed by atoms with Crippen LogP contribution in [-0.4, -0.2) is 0 Å². The van der Waals surface area contributed by atoms with Gasteiger partial charge >= 0.3 is 0 Å². The summed E-state index contributed by atoms with van der Waals surface area (Å²) in [4.78, 5) is 0. The number of hydrazine groups is 1. The summed E-state index contributed by atoms with van der Waals surface area (Å²) in [7, 11) is 0. The Morgan fingerprint density at radius 2 is 1.76 bits per heavy atom. The smallest absolute Gasteiger partial charge is 0.137 e. The highest BCUT2D eigenvalue weighted by Crippen LogP contribution is 2.29. The van der Waals surface area contributed by atoms with Crippen LogP contribution in [0.15, 0.2) is 39.3 Å². The highest BCUT2D eigenvalue weighted by atomic mass is 79.9. The van der Waals surface area contributed by atoms with Crippen LogP contribution in [-0.2, 0) is 6.42 Å². The molecule has 2 nitrogen and oxygen atoms in total. The molecule has 0 spiro atoms. The van der Waals surface area contributed by atoms with E-state index in [-0.39, 0.29) is 11.9 Å². The molecule has 1 unspecified atom stereocenters. The van der Waals surface area contributed by atoms with Crippen molar-refractivity contribution in [3.8, 4) is 0 Å². The molecule has 0 radical (unpaired) electrons. The van der Waals surface area contributed by atoms with Crippen LogP contribution in [0.3, 0.4) is 0 Å². The number of nitrogens with one attached hydrogen (secondary N) is 1. The van der Waals surface area contributed by atoms with Crippen LogP contribution in [0.25, 0.3) is 0 Å².